The Bertz CT molecular complexity index is 923. The van der Waals surface area contributed by atoms with Gasteiger partial charge < -0.3 is 16.0 Å². The number of nitrogens with two attached hydrogens (primary N) is 1. The average molecular weight is 418 g/mol. The fourth-order valence-corrected chi connectivity index (χ4v) is 3.39. The van der Waals surface area contributed by atoms with E-state index in [1.54, 1.807) is 7.05 Å². The number of aromatic amines is 1. The van der Waals surface area contributed by atoms with Crippen LogP contribution in [0, 0.1) is 5.92 Å². The maximum atomic E-state index is 12.5. The van der Waals surface area contributed by atoms with Crippen molar-refractivity contribution in [1.82, 2.24) is 14.9 Å². The highest BCUT2D eigenvalue weighted by Gasteiger charge is 2.19. The predicted octanol–water partition coefficient (Wildman–Crippen LogP) is 2.69. The van der Waals surface area contributed by atoms with Gasteiger partial charge >= 0.3 is 5.69 Å². The highest BCUT2D eigenvalue weighted by atomic mass is 32.1. The molecule has 8 heteroatoms. The topological polar surface area (TPSA) is 96.2 Å². The number of H-pyrrole nitrogens is 1. The number of anilines is 2. The lowest BCUT2D eigenvalue weighted by Gasteiger charge is -2.24. The molecule has 1 aromatic heterocycles. The SMILES string of the molecule is CCCC[C@H](CC)CNC(=S)N(C)c1c(N)n(Cc2ccccc2)c(=O)[nH]c1=O. The van der Waals surface area contributed by atoms with Gasteiger partial charge in [-0.15, -0.1) is 0 Å². The zero-order valence-electron chi connectivity index (χ0n) is 17.4. The number of rotatable bonds is 9. The van der Waals surface area contributed by atoms with E-state index < -0.39 is 11.2 Å². The minimum Gasteiger partial charge on any atom is -0.383 e. The third kappa shape index (κ3) is 5.93. The molecule has 1 atom stereocenters. The Morgan fingerprint density at radius 3 is 2.59 bits per heavy atom. The van der Waals surface area contributed by atoms with Crippen molar-refractivity contribution in [2.45, 2.75) is 46.1 Å². The molecule has 4 N–H and O–H groups in total. The monoisotopic (exact) mass is 417 g/mol. The van der Waals surface area contributed by atoms with E-state index in [4.69, 9.17) is 18.0 Å². The summed E-state index contributed by atoms with van der Waals surface area (Å²) in [6.07, 6.45) is 4.54. The molecular formula is C21H31N5O2S. The van der Waals surface area contributed by atoms with Gasteiger partial charge in [-0.1, -0.05) is 63.4 Å². The van der Waals surface area contributed by atoms with Crippen LogP contribution in [0.4, 0.5) is 11.5 Å². The molecule has 0 amide bonds. The summed E-state index contributed by atoms with van der Waals surface area (Å²) >= 11 is 5.48. The van der Waals surface area contributed by atoms with E-state index in [2.05, 4.69) is 24.1 Å². The quantitative estimate of drug-likeness (QED) is 0.543. The van der Waals surface area contributed by atoms with Gasteiger partial charge in [0.2, 0.25) is 0 Å². The van der Waals surface area contributed by atoms with Crippen molar-refractivity contribution in [3.8, 4) is 0 Å². The number of benzene rings is 1. The van der Waals surface area contributed by atoms with Gasteiger partial charge in [0.1, 0.15) is 11.5 Å². The summed E-state index contributed by atoms with van der Waals surface area (Å²) in [6.45, 7) is 5.34. The standard InChI is InChI=1S/C21H31N5O2S/c1-4-6-10-15(5-2)13-23-21(29)25(3)17-18(22)26(20(28)24-19(17)27)14-16-11-8-7-9-12-16/h7-9,11-12,15H,4-6,10,13-14,22H2,1-3H3,(H,23,29)(H,24,27,28)/t15-/m0/s1. The lowest BCUT2D eigenvalue weighted by atomic mass is 9.99. The van der Waals surface area contributed by atoms with Crippen LogP contribution in [0.25, 0.3) is 0 Å². The Labute approximate surface area is 176 Å². The maximum Gasteiger partial charge on any atom is 0.330 e. The summed E-state index contributed by atoms with van der Waals surface area (Å²) in [7, 11) is 1.68. The second-order valence-corrected chi connectivity index (χ2v) is 7.61. The van der Waals surface area contributed by atoms with Crippen molar-refractivity contribution in [3.05, 3.63) is 56.7 Å². The van der Waals surface area contributed by atoms with Gasteiger partial charge in [0.25, 0.3) is 5.56 Å². The van der Waals surface area contributed by atoms with Crippen LogP contribution in [0.1, 0.15) is 45.1 Å². The number of unbranched alkanes of at least 4 members (excludes halogenated alkanes) is 1. The molecule has 0 fully saturated rings. The number of hydrogen-bond donors (Lipinski definition) is 3. The average Bonchev–Trinajstić information content (AvgIpc) is 2.71. The van der Waals surface area contributed by atoms with E-state index in [0.717, 1.165) is 31.4 Å². The van der Waals surface area contributed by atoms with Gasteiger partial charge in [0.05, 0.1) is 6.54 Å². The van der Waals surface area contributed by atoms with Crippen LogP contribution in [-0.2, 0) is 6.54 Å². The van der Waals surface area contributed by atoms with Gasteiger partial charge in [-0.2, -0.15) is 0 Å². The minimum absolute atomic E-state index is 0.0901. The van der Waals surface area contributed by atoms with Crippen molar-refractivity contribution >= 4 is 28.8 Å². The largest absolute Gasteiger partial charge is 0.383 e. The van der Waals surface area contributed by atoms with Gasteiger partial charge in [0.15, 0.2) is 5.11 Å². The van der Waals surface area contributed by atoms with E-state index in [9.17, 15) is 9.59 Å². The van der Waals surface area contributed by atoms with Crippen molar-refractivity contribution in [3.63, 3.8) is 0 Å². The van der Waals surface area contributed by atoms with Crippen molar-refractivity contribution in [2.24, 2.45) is 5.92 Å². The summed E-state index contributed by atoms with van der Waals surface area (Å²) in [4.78, 5) is 28.7. The first-order chi connectivity index (χ1) is 13.9. The maximum absolute atomic E-state index is 12.5. The Balaban J connectivity index is 2.22. The van der Waals surface area contributed by atoms with Gasteiger partial charge in [0, 0.05) is 13.6 Å². The van der Waals surface area contributed by atoms with E-state index >= 15 is 0 Å². The first-order valence-corrected chi connectivity index (χ1v) is 10.5. The van der Waals surface area contributed by atoms with Gasteiger partial charge in [-0.25, -0.2) is 4.79 Å². The third-order valence-corrected chi connectivity index (χ3v) is 5.54. The first kappa shape index (κ1) is 22.7. The molecular weight excluding hydrogens is 386 g/mol. The molecule has 0 aliphatic heterocycles. The lowest BCUT2D eigenvalue weighted by molar-refractivity contribution is 0.446. The molecule has 2 aromatic rings. The lowest BCUT2D eigenvalue weighted by Crippen LogP contribution is -2.44. The molecule has 0 aliphatic carbocycles. The highest BCUT2D eigenvalue weighted by Crippen LogP contribution is 2.17. The summed E-state index contributed by atoms with van der Waals surface area (Å²) in [6, 6.07) is 9.46. The van der Waals surface area contributed by atoms with Crippen LogP contribution in [0.3, 0.4) is 0 Å². The summed E-state index contributed by atoms with van der Waals surface area (Å²) in [5, 5.41) is 3.65. The first-order valence-electron chi connectivity index (χ1n) is 10.1. The van der Waals surface area contributed by atoms with Crippen LogP contribution in [0.15, 0.2) is 39.9 Å². The van der Waals surface area contributed by atoms with Crippen molar-refractivity contribution < 1.29 is 0 Å². The van der Waals surface area contributed by atoms with Crippen LogP contribution in [0.5, 0.6) is 0 Å². The fourth-order valence-electron chi connectivity index (χ4n) is 3.22. The number of nitrogen functional groups attached to an aromatic ring is 1. The van der Waals surface area contributed by atoms with Crippen molar-refractivity contribution in [1.29, 1.82) is 0 Å². The number of nitrogens with one attached hydrogen (secondary N) is 2. The van der Waals surface area contributed by atoms with E-state index in [-0.39, 0.29) is 18.1 Å². The molecule has 2 rings (SSSR count). The molecule has 0 saturated carbocycles. The van der Waals surface area contributed by atoms with E-state index in [1.165, 1.54) is 15.9 Å². The van der Waals surface area contributed by atoms with E-state index in [0.29, 0.717) is 11.0 Å². The zero-order chi connectivity index (χ0) is 21.4. The molecule has 0 saturated heterocycles. The molecule has 158 valence electrons. The van der Waals surface area contributed by atoms with Crippen molar-refractivity contribution in [2.75, 3.05) is 24.2 Å². The Kier molecular flexibility index (Phi) is 8.45. The number of aromatic nitrogens is 2. The van der Waals surface area contributed by atoms with Crippen LogP contribution < -0.4 is 27.2 Å². The Morgan fingerprint density at radius 2 is 1.97 bits per heavy atom. The second-order valence-electron chi connectivity index (χ2n) is 7.23. The van der Waals surface area contributed by atoms with Gasteiger partial charge in [-0.3, -0.25) is 14.3 Å². The molecule has 0 unspecified atom stereocenters. The molecule has 0 spiro atoms. The normalized spacial score (nSPS) is 11.8. The van der Waals surface area contributed by atoms with Crippen LogP contribution in [0.2, 0.25) is 0 Å². The predicted molar refractivity (Wildman–Crippen MR) is 124 cm³/mol. The summed E-state index contributed by atoms with van der Waals surface area (Å²) < 4.78 is 1.35. The summed E-state index contributed by atoms with van der Waals surface area (Å²) in [5.74, 6) is 0.608. The Morgan fingerprint density at radius 1 is 1.28 bits per heavy atom. The van der Waals surface area contributed by atoms with Gasteiger partial charge in [-0.05, 0) is 30.1 Å². The van der Waals surface area contributed by atoms with Crippen LogP contribution >= 0.6 is 12.2 Å². The minimum atomic E-state index is -0.554. The molecule has 1 heterocycles. The molecule has 0 bridgehead atoms. The number of hydrogen-bond acceptors (Lipinski definition) is 4. The van der Waals surface area contributed by atoms with Crippen LogP contribution in [-0.4, -0.2) is 28.3 Å². The molecule has 0 radical (unpaired) electrons. The third-order valence-electron chi connectivity index (χ3n) is 5.12. The smallest absolute Gasteiger partial charge is 0.330 e. The molecule has 7 nitrogen and oxygen atoms in total. The number of nitrogens with zero attached hydrogens (tertiary/aromatic N) is 2. The molecule has 1 aromatic carbocycles. The molecule has 0 aliphatic rings. The highest BCUT2D eigenvalue weighted by molar-refractivity contribution is 7.80. The fraction of sp³-hybridized carbons (Fsp3) is 0.476. The zero-order valence-corrected chi connectivity index (χ0v) is 18.2. The molecule has 29 heavy (non-hydrogen) atoms. The second kappa shape index (κ2) is 10.8. The Hall–Kier alpha value is -2.61. The number of thiocarbonyl (C=S) groups is 1. The van der Waals surface area contributed by atoms with E-state index in [1.807, 2.05) is 30.3 Å². The summed E-state index contributed by atoms with van der Waals surface area (Å²) in [5.41, 5.74) is 6.21.